The van der Waals surface area contributed by atoms with E-state index in [1.165, 1.54) is 12.1 Å². The predicted molar refractivity (Wildman–Crippen MR) is 78.3 cm³/mol. The van der Waals surface area contributed by atoms with E-state index in [4.69, 9.17) is 0 Å². The normalized spacial score (nSPS) is 23.0. The number of hydrogen-bond acceptors (Lipinski definition) is 2. The predicted octanol–water partition coefficient (Wildman–Crippen LogP) is 2.76. The van der Waals surface area contributed by atoms with Gasteiger partial charge in [0.15, 0.2) is 0 Å². The van der Waals surface area contributed by atoms with Crippen LogP contribution in [0.5, 0.6) is 0 Å². The number of carbonyl (C=O) groups excluding carboxylic acids is 1. The first kappa shape index (κ1) is 15.4. The molecule has 1 saturated carbocycles. The molecule has 2 aliphatic rings. The lowest BCUT2D eigenvalue weighted by Crippen LogP contribution is -2.55. The number of amides is 1. The highest BCUT2D eigenvalue weighted by Crippen LogP contribution is 2.46. The number of aliphatic hydroxyl groups is 1. The van der Waals surface area contributed by atoms with Crippen molar-refractivity contribution < 1.29 is 18.7 Å². The lowest BCUT2D eigenvalue weighted by Gasteiger charge is -2.46. The van der Waals surface area contributed by atoms with Gasteiger partial charge in [-0.15, -0.1) is 0 Å². The lowest BCUT2D eigenvalue weighted by atomic mass is 9.63. The zero-order valence-electron chi connectivity index (χ0n) is 12.7. The molecule has 1 saturated heterocycles. The highest BCUT2D eigenvalue weighted by Gasteiger charge is 2.49. The molecular weight excluding hydrogens is 288 g/mol. The molecule has 0 radical (unpaired) electrons. The Morgan fingerprint density at radius 3 is 2.32 bits per heavy atom. The summed E-state index contributed by atoms with van der Waals surface area (Å²) in [6.07, 6.45) is 3.12. The summed E-state index contributed by atoms with van der Waals surface area (Å²) in [6.45, 7) is 2.74. The number of hydrogen-bond donors (Lipinski definition) is 1. The third-order valence-electron chi connectivity index (χ3n) is 5.19. The van der Waals surface area contributed by atoms with Crippen molar-refractivity contribution in [1.29, 1.82) is 0 Å². The average Bonchev–Trinajstić information content (AvgIpc) is 2.39. The number of halogens is 2. The minimum absolute atomic E-state index is 0.0836. The number of piperidine rings is 1. The second-order valence-electron chi connectivity index (χ2n) is 6.85. The first-order valence-electron chi connectivity index (χ1n) is 7.81. The van der Waals surface area contributed by atoms with Gasteiger partial charge in [0.25, 0.3) is 0 Å². The maximum atomic E-state index is 14.2. The molecule has 3 rings (SSSR count). The van der Waals surface area contributed by atoms with Crippen LogP contribution < -0.4 is 0 Å². The molecule has 1 aromatic rings. The first-order valence-corrected chi connectivity index (χ1v) is 7.81. The molecule has 1 N–H and O–H groups in total. The quantitative estimate of drug-likeness (QED) is 0.912. The Kier molecular flexibility index (Phi) is 3.71. The van der Waals surface area contributed by atoms with Crippen molar-refractivity contribution in [3.63, 3.8) is 0 Å². The summed E-state index contributed by atoms with van der Waals surface area (Å²) in [4.78, 5) is 14.7. The van der Waals surface area contributed by atoms with Gasteiger partial charge in [0.05, 0.1) is 11.0 Å². The Hall–Kier alpha value is -1.49. The fourth-order valence-corrected chi connectivity index (χ4v) is 3.50. The molecular formula is C17H21F2NO2. The Morgan fingerprint density at radius 2 is 1.82 bits per heavy atom. The van der Waals surface area contributed by atoms with Crippen LogP contribution in [-0.4, -0.2) is 34.6 Å². The molecule has 0 atom stereocenters. The summed E-state index contributed by atoms with van der Waals surface area (Å²) in [7, 11) is 0. The number of nitrogens with zero attached hydrogens (tertiary/aromatic N) is 1. The number of rotatable bonds is 2. The topological polar surface area (TPSA) is 40.5 Å². The van der Waals surface area contributed by atoms with Crippen LogP contribution in [0.25, 0.3) is 0 Å². The molecule has 1 heterocycles. The Balaban J connectivity index is 1.85. The molecule has 22 heavy (non-hydrogen) atoms. The third-order valence-corrected chi connectivity index (χ3v) is 5.19. The van der Waals surface area contributed by atoms with Gasteiger partial charge in [-0.3, -0.25) is 4.79 Å². The van der Waals surface area contributed by atoms with E-state index >= 15 is 0 Å². The maximum absolute atomic E-state index is 14.2. The molecule has 0 spiro atoms. The van der Waals surface area contributed by atoms with Gasteiger partial charge < -0.3 is 10.0 Å². The van der Waals surface area contributed by atoms with Crippen LogP contribution in [0.3, 0.4) is 0 Å². The van der Waals surface area contributed by atoms with Crippen molar-refractivity contribution in [1.82, 2.24) is 4.90 Å². The van der Waals surface area contributed by atoms with E-state index in [0.29, 0.717) is 44.3 Å². The SMILES string of the molecule is CC1(O)CCN(C(=O)C2(c3ccc(F)cc3F)CCC2)CC1. The highest BCUT2D eigenvalue weighted by atomic mass is 19.1. The van der Waals surface area contributed by atoms with Crippen molar-refractivity contribution in [2.75, 3.05) is 13.1 Å². The van der Waals surface area contributed by atoms with E-state index in [9.17, 15) is 18.7 Å². The molecule has 0 bridgehead atoms. The summed E-state index contributed by atoms with van der Waals surface area (Å²) >= 11 is 0. The molecule has 3 nitrogen and oxygen atoms in total. The first-order chi connectivity index (χ1) is 10.3. The summed E-state index contributed by atoms with van der Waals surface area (Å²) < 4.78 is 27.3. The van der Waals surface area contributed by atoms with Crippen LogP contribution in [-0.2, 0) is 10.2 Å². The lowest BCUT2D eigenvalue weighted by molar-refractivity contribution is -0.144. The third kappa shape index (κ3) is 2.51. The van der Waals surface area contributed by atoms with Crippen molar-refractivity contribution in [2.45, 2.75) is 50.0 Å². The van der Waals surface area contributed by atoms with Crippen molar-refractivity contribution in [2.24, 2.45) is 0 Å². The fraction of sp³-hybridized carbons (Fsp3) is 0.588. The van der Waals surface area contributed by atoms with Gasteiger partial charge in [0, 0.05) is 24.7 Å². The largest absolute Gasteiger partial charge is 0.390 e. The van der Waals surface area contributed by atoms with Crippen molar-refractivity contribution >= 4 is 5.91 Å². The highest BCUT2D eigenvalue weighted by molar-refractivity contribution is 5.89. The second kappa shape index (κ2) is 5.30. The standard InChI is InChI=1S/C17H21F2NO2/c1-16(22)7-9-20(10-8-16)15(21)17(5-2-6-17)13-4-3-12(18)11-14(13)19/h3-4,11,22H,2,5-10H2,1H3. The smallest absolute Gasteiger partial charge is 0.233 e. The van der Waals surface area contributed by atoms with Crippen LogP contribution in [0, 0.1) is 11.6 Å². The van der Waals surface area contributed by atoms with Crippen molar-refractivity contribution in [3.8, 4) is 0 Å². The van der Waals surface area contributed by atoms with Gasteiger partial charge in [0.2, 0.25) is 5.91 Å². The van der Waals surface area contributed by atoms with Crippen molar-refractivity contribution in [3.05, 3.63) is 35.4 Å². The monoisotopic (exact) mass is 309 g/mol. The van der Waals surface area contributed by atoms with Gasteiger partial charge >= 0.3 is 0 Å². The fourth-order valence-electron chi connectivity index (χ4n) is 3.50. The van der Waals surface area contributed by atoms with E-state index in [1.54, 1.807) is 11.8 Å². The molecule has 1 aromatic carbocycles. The van der Waals surface area contributed by atoms with E-state index in [0.717, 1.165) is 12.5 Å². The molecule has 120 valence electrons. The van der Waals surface area contributed by atoms with Gasteiger partial charge in [-0.1, -0.05) is 12.5 Å². The summed E-state index contributed by atoms with van der Waals surface area (Å²) in [5.74, 6) is -1.35. The molecule has 1 aliphatic carbocycles. The van der Waals surface area contributed by atoms with E-state index < -0.39 is 22.7 Å². The minimum atomic E-state index is -0.846. The number of carbonyl (C=O) groups is 1. The van der Waals surface area contributed by atoms with Crippen LogP contribution in [0.4, 0.5) is 8.78 Å². The Bertz CT molecular complexity index is 586. The summed E-state index contributed by atoms with van der Waals surface area (Å²) in [5, 5.41) is 10.0. The van der Waals surface area contributed by atoms with Gasteiger partial charge in [0.1, 0.15) is 11.6 Å². The zero-order chi connectivity index (χ0) is 16.0. The molecule has 0 aromatic heterocycles. The van der Waals surface area contributed by atoms with Gasteiger partial charge in [-0.25, -0.2) is 8.78 Å². The number of likely N-dealkylation sites (tertiary alicyclic amines) is 1. The second-order valence-corrected chi connectivity index (χ2v) is 6.85. The number of benzene rings is 1. The average molecular weight is 309 g/mol. The van der Waals surface area contributed by atoms with Crippen LogP contribution in [0.2, 0.25) is 0 Å². The molecule has 0 unspecified atom stereocenters. The maximum Gasteiger partial charge on any atom is 0.233 e. The zero-order valence-corrected chi connectivity index (χ0v) is 12.7. The molecule has 1 aliphatic heterocycles. The van der Waals surface area contributed by atoms with Crippen LogP contribution in [0.15, 0.2) is 18.2 Å². The van der Waals surface area contributed by atoms with Crippen LogP contribution in [0.1, 0.15) is 44.6 Å². The van der Waals surface area contributed by atoms with E-state index in [-0.39, 0.29) is 5.91 Å². The summed E-state index contributed by atoms with van der Waals surface area (Å²) in [6, 6.07) is 3.47. The molecule has 5 heteroatoms. The van der Waals surface area contributed by atoms with E-state index in [2.05, 4.69) is 0 Å². The van der Waals surface area contributed by atoms with Crippen LogP contribution >= 0.6 is 0 Å². The summed E-state index contributed by atoms with van der Waals surface area (Å²) in [5.41, 5.74) is -1.27. The molecule has 2 fully saturated rings. The molecule has 1 amide bonds. The van der Waals surface area contributed by atoms with E-state index in [1.807, 2.05) is 0 Å². The Labute approximate surface area is 128 Å². The Morgan fingerprint density at radius 1 is 1.18 bits per heavy atom. The minimum Gasteiger partial charge on any atom is -0.390 e. The van der Waals surface area contributed by atoms with Gasteiger partial charge in [-0.2, -0.15) is 0 Å². The van der Waals surface area contributed by atoms with Gasteiger partial charge in [-0.05, 0) is 38.7 Å².